The van der Waals surface area contributed by atoms with E-state index in [0.29, 0.717) is 32.8 Å². The number of nitrogens with zero attached hydrogens (tertiary/aromatic N) is 2. The quantitative estimate of drug-likeness (QED) is 0.261. The molecule has 4 atom stereocenters. The molecule has 0 radical (unpaired) electrons. The van der Waals surface area contributed by atoms with Crippen LogP contribution in [0, 0.1) is 16.7 Å². The molecule has 0 unspecified atom stereocenters. The first kappa shape index (κ1) is 27.3. The van der Waals surface area contributed by atoms with Crippen LogP contribution in [-0.2, 0) is 9.53 Å². The highest BCUT2D eigenvalue weighted by Crippen LogP contribution is 2.57. The number of carbonyl (C=O) groups excluding carboxylic acids is 2. The lowest BCUT2D eigenvalue weighted by Crippen LogP contribution is -2.46. The van der Waals surface area contributed by atoms with E-state index in [1.807, 2.05) is 41.3 Å². The van der Waals surface area contributed by atoms with Crippen molar-refractivity contribution in [3.05, 3.63) is 87.9 Å². The monoisotopic (exact) mass is 602 g/mol. The van der Waals surface area contributed by atoms with Crippen molar-refractivity contribution in [2.24, 2.45) is 5.41 Å². The van der Waals surface area contributed by atoms with Crippen LogP contribution in [0.25, 0.3) is 6.08 Å². The Hall–Kier alpha value is -4.29. The van der Waals surface area contributed by atoms with Crippen molar-refractivity contribution in [1.29, 1.82) is 5.26 Å². The van der Waals surface area contributed by atoms with Crippen LogP contribution in [0.3, 0.4) is 0 Å². The van der Waals surface area contributed by atoms with Crippen molar-refractivity contribution in [1.82, 2.24) is 0 Å². The van der Waals surface area contributed by atoms with Crippen LogP contribution in [-0.4, -0.2) is 52.3 Å². The van der Waals surface area contributed by atoms with Crippen LogP contribution in [0.4, 0.5) is 5.69 Å². The van der Waals surface area contributed by atoms with Gasteiger partial charge in [-0.15, -0.1) is 0 Å². The molecule has 0 spiro atoms. The number of Topliss-reactive ketones (excluding diaryl/α,β-unsaturated/α-hetero) is 1. The molecule has 1 saturated heterocycles. The number of anilines is 1. The molecule has 0 saturated carbocycles. The number of esters is 1. The number of ketones is 1. The number of para-hydroxylation sites is 1. The van der Waals surface area contributed by atoms with E-state index < -0.39 is 29.4 Å². The van der Waals surface area contributed by atoms with Crippen LogP contribution < -0.4 is 19.1 Å². The summed E-state index contributed by atoms with van der Waals surface area (Å²) in [5.41, 5.74) is 0.815. The van der Waals surface area contributed by atoms with Crippen molar-refractivity contribution in [2.45, 2.75) is 18.0 Å². The summed E-state index contributed by atoms with van der Waals surface area (Å²) in [4.78, 5) is 30.2. The molecule has 9 heteroatoms. The first-order valence-corrected chi connectivity index (χ1v) is 13.3. The lowest BCUT2D eigenvalue weighted by Gasteiger charge is -2.36. The predicted octanol–water partition coefficient (Wildman–Crippen LogP) is 5.41. The number of carbonyl (C=O) groups is 2. The molecule has 204 valence electrons. The van der Waals surface area contributed by atoms with Crippen molar-refractivity contribution >= 4 is 39.4 Å². The highest BCUT2D eigenvalue weighted by molar-refractivity contribution is 9.10. The molecule has 3 aromatic carbocycles. The second-order valence-corrected chi connectivity index (χ2v) is 10.3. The van der Waals surface area contributed by atoms with Gasteiger partial charge in [-0.25, -0.2) is 0 Å². The van der Waals surface area contributed by atoms with Crippen LogP contribution in [0.5, 0.6) is 17.2 Å². The number of fused-ring (bicyclic) bond motifs is 3. The number of ether oxygens (including phenoxy) is 4. The molecule has 0 aliphatic carbocycles. The number of nitriles is 1. The molecule has 0 N–H and O–H groups in total. The summed E-state index contributed by atoms with van der Waals surface area (Å²) in [5.74, 6) is -0.451. The second kappa shape index (κ2) is 10.7. The van der Waals surface area contributed by atoms with Crippen molar-refractivity contribution in [3.8, 4) is 23.3 Å². The lowest BCUT2D eigenvalue weighted by atomic mass is 9.68. The number of rotatable bonds is 7. The molecule has 2 aliphatic rings. The Morgan fingerprint density at radius 1 is 0.925 bits per heavy atom. The van der Waals surface area contributed by atoms with E-state index in [0.717, 1.165) is 11.3 Å². The second-order valence-electron chi connectivity index (χ2n) is 9.49. The topological polar surface area (TPSA) is 98.1 Å². The molecule has 5 rings (SSSR count). The number of hydrogen-bond acceptors (Lipinski definition) is 8. The van der Waals surface area contributed by atoms with Crippen molar-refractivity contribution in [2.75, 3.05) is 33.3 Å². The van der Waals surface area contributed by atoms with Crippen molar-refractivity contribution < 1.29 is 28.5 Å². The molecule has 3 aromatic rings. The summed E-state index contributed by atoms with van der Waals surface area (Å²) in [6.45, 7) is 0. The Morgan fingerprint density at radius 3 is 2.27 bits per heavy atom. The van der Waals surface area contributed by atoms with E-state index in [-0.39, 0.29) is 5.78 Å². The normalized spacial score (nSPS) is 22.5. The lowest BCUT2D eigenvalue weighted by molar-refractivity contribution is -0.150. The Kier molecular flexibility index (Phi) is 7.30. The van der Waals surface area contributed by atoms with Gasteiger partial charge in [-0.05, 0) is 63.5 Å². The van der Waals surface area contributed by atoms with E-state index in [4.69, 9.17) is 18.9 Å². The van der Waals surface area contributed by atoms with Gasteiger partial charge in [-0.2, -0.15) is 5.26 Å². The van der Waals surface area contributed by atoms with Gasteiger partial charge in [0.25, 0.3) is 0 Å². The molecule has 1 fully saturated rings. The number of halogens is 1. The maximum atomic E-state index is 14.6. The summed E-state index contributed by atoms with van der Waals surface area (Å²) < 4.78 is 22.3. The summed E-state index contributed by atoms with van der Waals surface area (Å²) in [7, 11) is 5.84. The van der Waals surface area contributed by atoms with Gasteiger partial charge in [-0.1, -0.05) is 36.4 Å². The van der Waals surface area contributed by atoms with E-state index in [9.17, 15) is 14.9 Å². The highest BCUT2D eigenvalue weighted by atomic mass is 79.9. The number of methoxy groups -OCH3 is 4. The molecule has 0 amide bonds. The predicted molar refractivity (Wildman–Crippen MR) is 153 cm³/mol. The van der Waals surface area contributed by atoms with Crippen LogP contribution in [0.15, 0.2) is 71.2 Å². The summed E-state index contributed by atoms with van der Waals surface area (Å²) >= 11 is 3.49. The van der Waals surface area contributed by atoms with E-state index in [1.54, 1.807) is 43.5 Å². The van der Waals surface area contributed by atoms with Gasteiger partial charge in [0.1, 0.15) is 11.8 Å². The fourth-order valence-corrected chi connectivity index (χ4v) is 6.49. The maximum Gasteiger partial charge on any atom is 0.329 e. The zero-order valence-corrected chi connectivity index (χ0v) is 24.0. The molecule has 40 heavy (non-hydrogen) atoms. The Morgan fingerprint density at radius 2 is 1.62 bits per heavy atom. The average molecular weight is 603 g/mol. The minimum atomic E-state index is -1.76. The number of hydrogen-bond donors (Lipinski definition) is 0. The zero-order chi connectivity index (χ0) is 28.6. The van der Waals surface area contributed by atoms with Gasteiger partial charge >= 0.3 is 5.97 Å². The minimum absolute atomic E-state index is 0.265. The van der Waals surface area contributed by atoms with Crippen LogP contribution >= 0.6 is 15.9 Å². The van der Waals surface area contributed by atoms with Gasteiger partial charge in [-0.3, -0.25) is 9.59 Å². The van der Waals surface area contributed by atoms with E-state index in [1.165, 1.54) is 21.3 Å². The van der Waals surface area contributed by atoms with E-state index >= 15 is 0 Å². The first-order valence-electron chi connectivity index (χ1n) is 12.5. The van der Waals surface area contributed by atoms with Gasteiger partial charge in [0.2, 0.25) is 0 Å². The van der Waals surface area contributed by atoms with Gasteiger partial charge < -0.3 is 23.8 Å². The maximum absolute atomic E-state index is 14.6. The first-order chi connectivity index (χ1) is 19.4. The van der Waals surface area contributed by atoms with Gasteiger partial charge in [0.05, 0.1) is 45.0 Å². The molecule has 8 nitrogen and oxygen atoms in total. The average Bonchev–Trinajstić information content (AvgIpc) is 3.31. The molecule has 0 bridgehead atoms. The van der Waals surface area contributed by atoms with Crippen molar-refractivity contribution in [3.63, 3.8) is 0 Å². The third-order valence-corrected chi connectivity index (χ3v) is 8.34. The fourth-order valence-electron chi connectivity index (χ4n) is 5.95. The van der Waals surface area contributed by atoms with Crippen LogP contribution in [0.1, 0.15) is 27.4 Å². The smallest absolute Gasteiger partial charge is 0.329 e. The third-order valence-electron chi connectivity index (χ3n) is 7.73. The Labute approximate surface area is 240 Å². The summed E-state index contributed by atoms with van der Waals surface area (Å²) in [5, 5.41) is 10.8. The van der Waals surface area contributed by atoms with E-state index in [2.05, 4.69) is 22.0 Å². The Balaban J connectivity index is 1.81. The third kappa shape index (κ3) is 4.02. The highest BCUT2D eigenvalue weighted by Gasteiger charge is 2.67. The molecular weight excluding hydrogens is 576 g/mol. The largest absolute Gasteiger partial charge is 0.496 e. The number of benzene rings is 3. The SMILES string of the molecule is COC(=O)[C@@]1(C#N)[C@H](c2ccc(OC)c(OC)c2)[C@@H](C(=O)c2ccc(OC)c(Br)c2)N2c3ccccc3C=C[C@@H]21. The summed E-state index contributed by atoms with van der Waals surface area (Å²) in [6.07, 6.45) is 3.70. The van der Waals surface area contributed by atoms with Gasteiger partial charge in [0, 0.05) is 17.2 Å². The summed E-state index contributed by atoms with van der Waals surface area (Å²) in [6, 6.07) is 18.5. The Bertz CT molecular complexity index is 1560. The van der Waals surface area contributed by atoms with Crippen LogP contribution in [0.2, 0.25) is 0 Å². The minimum Gasteiger partial charge on any atom is -0.496 e. The zero-order valence-electron chi connectivity index (χ0n) is 22.4. The van der Waals surface area contributed by atoms with Gasteiger partial charge in [0.15, 0.2) is 22.7 Å². The molecule has 2 heterocycles. The molecular formula is C31H27BrN2O6. The standard InChI is InChI=1S/C31H27BrN2O6/c1-37-23-12-10-20(15-21(23)32)29(35)28-27(19-9-13-24(38-2)25(16-19)39-3)31(17-33,30(36)40-4)26-14-11-18-7-5-6-8-22(18)34(26)28/h5-16,26-28H,1-4H3/t26-,27-,28+,31-/m1/s1. The molecule has 0 aromatic heterocycles. The molecule has 2 aliphatic heterocycles. The fraction of sp³-hybridized carbons (Fsp3) is 0.258.